The average molecular weight is 181 g/mol. The highest BCUT2D eigenvalue weighted by Gasteiger charge is 2.26. The minimum atomic E-state index is -3.40. The van der Waals surface area contributed by atoms with Gasteiger partial charge in [0.15, 0.2) is 0 Å². The van der Waals surface area contributed by atoms with Crippen molar-refractivity contribution < 1.29 is 12.8 Å². The summed E-state index contributed by atoms with van der Waals surface area (Å²) in [5, 5.41) is 4.81. The third-order valence-electron chi connectivity index (χ3n) is 1.95. The second kappa shape index (κ2) is 3.06. The summed E-state index contributed by atoms with van der Waals surface area (Å²) in [5.74, 6) is -0.118. The summed E-state index contributed by atoms with van der Waals surface area (Å²) >= 11 is 0. The minimum Gasteiger partial charge on any atom is -0.247 e. The van der Waals surface area contributed by atoms with Gasteiger partial charge in [-0.3, -0.25) is 0 Å². The van der Waals surface area contributed by atoms with Gasteiger partial charge in [-0.2, -0.15) is 0 Å². The molecule has 1 aliphatic rings. The molecule has 0 spiro atoms. The first kappa shape index (κ1) is 8.93. The van der Waals surface area contributed by atoms with Crippen molar-refractivity contribution in [3.63, 3.8) is 0 Å². The van der Waals surface area contributed by atoms with E-state index in [0.717, 1.165) is 0 Å². The van der Waals surface area contributed by atoms with E-state index in [1.807, 2.05) is 0 Å². The summed E-state index contributed by atoms with van der Waals surface area (Å²) in [5.41, 5.74) is 0. The Kier molecular flexibility index (Phi) is 2.49. The molecule has 1 saturated carbocycles. The van der Waals surface area contributed by atoms with E-state index in [9.17, 15) is 12.8 Å². The van der Waals surface area contributed by atoms with Gasteiger partial charge >= 0.3 is 0 Å². The smallest absolute Gasteiger partial charge is 0.209 e. The molecule has 0 heterocycles. The van der Waals surface area contributed by atoms with Gasteiger partial charge in [-0.15, -0.1) is 0 Å². The predicted octanol–water partition coefficient (Wildman–Crippen LogP) is 0.413. The molecule has 0 aromatic heterocycles. The highest BCUT2D eigenvalue weighted by atomic mass is 32.2. The summed E-state index contributed by atoms with van der Waals surface area (Å²) in [6, 6.07) is 0. The van der Waals surface area contributed by atoms with Gasteiger partial charge in [0.1, 0.15) is 6.17 Å². The van der Waals surface area contributed by atoms with Crippen molar-refractivity contribution >= 4 is 10.0 Å². The van der Waals surface area contributed by atoms with Gasteiger partial charge < -0.3 is 0 Å². The third kappa shape index (κ3) is 3.16. The molecule has 0 aliphatic heterocycles. The minimum absolute atomic E-state index is 0.0556. The molecule has 0 amide bonds. The molecule has 3 nitrogen and oxygen atoms in total. The molecular weight excluding hydrogens is 169 g/mol. The van der Waals surface area contributed by atoms with Crippen LogP contribution in [0.25, 0.3) is 0 Å². The van der Waals surface area contributed by atoms with E-state index in [1.165, 1.54) is 0 Å². The zero-order chi connectivity index (χ0) is 8.48. The van der Waals surface area contributed by atoms with E-state index < -0.39 is 16.2 Å². The van der Waals surface area contributed by atoms with Crippen molar-refractivity contribution in [2.24, 2.45) is 11.1 Å². The number of alkyl halides is 1. The third-order valence-corrected chi connectivity index (χ3v) is 2.88. The first-order valence-corrected chi connectivity index (χ1v) is 5.33. The van der Waals surface area contributed by atoms with Gasteiger partial charge in [0.2, 0.25) is 10.0 Å². The molecule has 2 N–H and O–H groups in total. The fourth-order valence-corrected chi connectivity index (χ4v) is 2.45. The van der Waals surface area contributed by atoms with Crippen LogP contribution in [0.2, 0.25) is 0 Å². The maximum atomic E-state index is 12.5. The van der Waals surface area contributed by atoms with Crippen LogP contribution < -0.4 is 5.14 Å². The Hall–Kier alpha value is -0.160. The first-order valence-electron chi connectivity index (χ1n) is 3.62. The number of hydrogen-bond acceptors (Lipinski definition) is 2. The maximum absolute atomic E-state index is 12.5. The van der Waals surface area contributed by atoms with Crippen LogP contribution in [0.1, 0.15) is 19.3 Å². The van der Waals surface area contributed by atoms with Crippen molar-refractivity contribution in [2.75, 3.05) is 5.75 Å². The second-order valence-corrected chi connectivity index (χ2v) is 4.76. The number of sulfonamides is 1. The summed E-state index contributed by atoms with van der Waals surface area (Å²) in [6.07, 6.45) is 0.676. The van der Waals surface area contributed by atoms with Crippen molar-refractivity contribution in [3.05, 3.63) is 0 Å². The summed E-state index contributed by atoms with van der Waals surface area (Å²) in [6.45, 7) is 0. The second-order valence-electron chi connectivity index (χ2n) is 3.11. The Bertz CT molecular complexity index is 227. The molecule has 66 valence electrons. The molecule has 2 atom stereocenters. The molecule has 1 aliphatic carbocycles. The highest BCUT2D eigenvalue weighted by molar-refractivity contribution is 7.89. The van der Waals surface area contributed by atoms with Crippen molar-refractivity contribution in [1.29, 1.82) is 0 Å². The van der Waals surface area contributed by atoms with Crippen LogP contribution in [0.3, 0.4) is 0 Å². The van der Waals surface area contributed by atoms with E-state index in [0.29, 0.717) is 19.3 Å². The van der Waals surface area contributed by atoms with Gasteiger partial charge in [-0.25, -0.2) is 17.9 Å². The molecule has 1 rings (SSSR count). The van der Waals surface area contributed by atoms with Crippen LogP contribution in [0.15, 0.2) is 0 Å². The zero-order valence-corrected chi connectivity index (χ0v) is 6.98. The van der Waals surface area contributed by atoms with Crippen LogP contribution in [0.4, 0.5) is 4.39 Å². The predicted molar refractivity (Wildman–Crippen MR) is 40.2 cm³/mol. The summed E-state index contributed by atoms with van der Waals surface area (Å²) in [7, 11) is -3.40. The average Bonchev–Trinajstić information content (AvgIpc) is 2.10. The fourth-order valence-electron chi connectivity index (χ4n) is 1.49. The van der Waals surface area contributed by atoms with Crippen LogP contribution in [-0.2, 0) is 10.0 Å². The molecule has 0 bridgehead atoms. The van der Waals surface area contributed by atoms with E-state index in [2.05, 4.69) is 0 Å². The Morgan fingerprint density at radius 1 is 1.45 bits per heavy atom. The molecule has 2 unspecified atom stereocenters. The molecular formula is C6H12FNO2S. The lowest BCUT2D eigenvalue weighted by Crippen LogP contribution is -2.21. The van der Waals surface area contributed by atoms with Crippen molar-refractivity contribution in [1.82, 2.24) is 0 Å². The topological polar surface area (TPSA) is 60.2 Å². The normalized spacial score (nSPS) is 32.5. The number of primary sulfonamides is 1. The number of nitrogens with two attached hydrogens (primary N) is 1. The Labute approximate surface area is 65.8 Å². The largest absolute Gasteiger partial charge is 0.247 e. The quantitative estimate of drug-likeness (QED) is 0.670. The Morgan fingerprint density at radius 2 is 2.09 bits per heavy atom. The van der Waals surface area contributed by atoms with E-state index >= 15 is 0 Å². The summed E-state index contributed by atoms with van der Waals surface area (Å²) in [4.78, 5) is 0. The van der Waals surface area contributed by atoms with Gasteiger partial charge in [0.05, 0.1) is 5.75 Å². The maximum Gasteiger partial charge on any atom is 0.209 e. The van der Waals surface area contributed by atoms with Crippen LogP contribution in [0.5, 0.6) is 0 Å². The number of halogens is 1. The SMILES string of the molecule is NS(=O)(=O)CC1CCC(F)C1. The summed E-state index contributed by atoms with van der Waals surface area (Å²) < 4.78 is 33.6. The van der Waals surface area contributed by atoms with Gasteiger partial charge in [-0.05, 0) is 25.2 Å². The lowest BCUT2D eigenvalue weighted by molar-refractivity contribution is 0.334. The molecule has 0 saturated heterocycles. The van der Waals surface area contributed by atoms with Crippen LogP contribution in [0, 0.1) is 5.92 Å². The van der Waals surface area contributed by atoms with Crippen LogP contribution >= 0.6 is 0 Å². The Morgan fingerprint density at radius 3 is 2.45 bits per heavy atom. The Balaban J connectivity index is 2.41. The molecule has 0 aromatic carbocycles. The number of hydrogen-bond donors (Lipinski definition) is 1. The number of rotatable bonds is 2. The standard InChI is InChI=1S/C6H12FNO2S/c7-6-2-1-5(3-6)4-11(8,9)10/h5-6H,1-4H2,(H2,8,9,10). The van der Waals surface area contributed by atoms with E-state index in [-0.39, 0.29) is 11.7 Å². The molecule has 0 aromatic rings. The molecule has 1 fully saturated rings. The van der Waals surface area contributed by atoms with Crippen molar-refractivity contribution in [2.45, 2.75) is 25.4 Å². The van der Waals surface area contributed by atoms with Gasteiger partial charge in [0.25, 0.3) is 0 Å². The highest BCUT2D eigenvalue weighted by Crippen LogP contribution is 2.28. The zero-order valence-electron chi connectivity index (χ0n) is 6.16. The lowest BCUT2D eigenvalue weighted by Gasteiger charge is -2.04. The molecule has 11 heavy (non-hydrogen) atoms. The molecule has 0 radical (unpaired) electrons. The van der Waals surface area contributed by atoms with Gasteiger partial charge in [0, 0.05) is 0 Å². The fraction of sp³-hybridized carbons (Fsp3) is 1.00. The molecule has 5 heteroatoms. The monoisotopic (exact) mass is 181 g/mol. The van der Waals surface area contributed by atoms with E-state index in [1.54, 1.807) is 0 Å². The lowest BCUT2D eigenvalue weighted by atomic mass is 10.1. The first-order chi connectivity index (χ1) is 4.97. The van der Waals surface area contributed by atoms with Crippen molar-refractivity contribution in [3.8, 4) is 0 Å². The van der Waals surface area contributed by atoms with Gasteiger partial charge in [-0.1, -0.05) is 0 Å². The van der Waals surface area contributed by atoms with E-state index in [4.69, 9.17) is 5.14 Å². The van der Waals surface area contributed by atoms with Crippen LogP contribution in [-0.4, -0.2) is 20.3 Å².